The fourth-order valence-corrected chi connectivity index (χ4v) is 1.48. The summed E-state index contributed by atoms with van der Waals surface area (Å²) in [6.07, 6.45) is 0.784. The van der Waals surface area contributed by atoms with Crippen LogP contribution in [0.4, 0.5) is 0 Å². The molecule has 0 fully saturated rings. The summed E-state index contributed by atoms with van der Waals surface area (Å²) >= 11 is 5.46. The molecule has 1 rings (SSSR count). The molecule has 0 aliphatic heterocycles. The highest BCUT2D eigenvalue weighted by atomic mass is 35.5. The van der Waals surface area contributed by atoms with Crippen LogP contribution >= 0.6 is 11.6 Å². The van der Waals surface area contributed by atoms with Crippen LogP contribution in [-0.2, 0) is 11.2 Å². The van der Waals surface area contributed by atoms with Crippen molar-refractivity contribution in [1.29, 1.82) is 0 Å². The van der Waals surface area contributed by atoms with Crippen molar-refractivity contribution in [3.8, 4) is 0 Å². The van der Waals surface area contributed by atoms with Gasteiger partial charge in [0.15, 0.2) is 5.78 Å². The number of carbonyl (C=O) groups is 1. The maximum Gasteiger partial charge on any atom is 0.150 e. The van der Waals surface area contributed by atoms with Gasteiger partial charge < -0.3 is 0 Å². The van der Waals surface area contributed by atoms with Gasteiger partial charge in [-0.15, -0.1) is 11.6 Å². The Morgan fingerprint density at radius 3 is 2.54 bits per heavy atom. The fraction of sp³-hybridized carbons (Fsp3) is 0.364. The Labute approximate surface area is 83.7 Å². The summed E-state index contributed by atoms with van der Waals surface area (Å²) in [6.45, 7) is 1.91. The number of ketones is 1. The summed E-state index contributed by atoms with van der Waals surface area (Å²) in [4.78, 5) is 11.2. The van der Waals surface area contributed by atoms with Gasteiger partial charge in [0.2, 0.25) is 0 Å². The van der Waals surface area contributed by atoms with Crippen molar-refractivity contribution in [3.63, 3.8) is 0 Å². The van der Waals surface area contributed by atoms with E-state index in [0.29, 0.717) is 0 Å². The van der Waals surface area contributed by atoms with E-state index in [-0.39, 0.29) is 17.6 Å². The quantitative estimate of drug-likeness (QED) is 0.677. The van der Waals surface area contributed by atoms with Crippen LogP contribution in [-0.4, -0.2) is 11.7 Å². The van der Waals surface area contributed by atoms with Gasteiger partial charge in [0.05, 0.1) is 5.88 Å². The van der Waals surface area contributed by atoms with E-state index in [2.05, 4.69) is 0 Å². The zero-order valence-corrected chi connectivity index (χ0v) is 8.42. The molecular weight excluding hydrogens is 184 g/mol. The molecule has 0 aromatic heterocycles. The minimum Gasteiger partial charge on any atom is -0.298 e. The van der Waals surface area contributed by atoms with E-state index in [4.69, 9.17) is 11.6 Å². The number of carbonyl (C=O) groups excluding carboxylic acids is 1. The maximum absolute atomic E-state index is 11.2. The molecule has 0 aliphatic rings. The van der Waals surface area contributed by atoms with E-state index in [1.54, 1.807) is 0 Å². The average molecular weight is 197 g/mol. The lowest BCUT2D eigenvalue weighted by Crippen LogP contribution is -2.14. The first-order valence-corrected chi connectivity index (χ1v) is 4.90. The minimum atomic E-state index is 0.0277. The number of hydrogen-bond acceptors (Lipinski definition) is 1. The molecule has 0 heterocycles. The van der Waals surface area contributed by atoms with Crippen molar-refractivity contribution < 1.29 is 4.79 Å². The van der Waals surface area contributed by atoms with Crippen molar-refractivity contribution in [3.05, 3.63) is 35.9 Å². The topological polar surface area (TPSA) is 17.1 Å². The summed E-state index contributed by atoms with van der Waals surface area (Å²) in [7, 11) is 0. The van der Waals surface area contributed by atoms with E-state index in [0.717, 1.165) is 6.42 Å². The van der Waals surface area contributed by atoms with Gasteiger partial charge in [0.25, 0.3) is 0 Å². The number of Topliss-reactive ketones (excluding diaryl/α,β-unsaturated/α-hetero) is 1. The Hall–Kier alpha value is -0.820. The predicted octanol–water partition coefficient (Wildman–Crippen LogP) is 2.67. The molecule has 1 atom stereocenters. The van der Waals surface area contributed by atoms with Crippen LogP contribution in [0.1, 0.15) is 12.5 Å². The third-order valence-electron chi connectivity index (χ3n) is 2.07. The van der Waals surface area contributed by atoms with Crippen LogP contribution in [0.25, 0.3) is 0 Å². The van der Waals surface area contributed by atoms with Crippen molar-refractivity contribution in [2.45, 2.75) is 13.3 Å². The van der Waals surface area contributed by atoms with Crippen LogP contribution in [0.5, 0.6) is 0 Å². The van der Waals surface area contributed by atoms with E-state index >= 15 is 0 Å². The molecule has 1 nitrogen and oxygen atoms in total. The van der Waals surface area contributed by atoms with Gasteiger partial charge in [-0.3, -0.25) is 4.79 Å². The zero-order valence-electron chi connectivity index (χ0n) is 7.66. The van der Waals surface area contributed by atoms with Crippen LogP contribution in [0.2, 0.25) is 0 Å². The van der Waals surface area contributed by atoms with Crippen LogP contribution in [0.3, 0.4) is 0 Å². The standard InChI is InChI=1S/C11H13ClO/c1-9(11(13)8-12)7-10-5-3-2-4-6-10/h2-6,9H,7-8H2,1H3. The van der Waals surface area contributed by atoms with Gasteiger partial charge in [-0.25, -0.2) is 0 Å². The second kappa shape index (κ2) is 5.03. The van der Waals surface area contributed by atoms with Gasteiger partial charge in [0.1, 0.15) is 0 Å². The van der Waals surface area contributed by atoms with Crippen molar-refractivity contribution in [1.82, 2.24) is 0 Å². The molecule has 0 bridgehead atoms. The van der Waals surface area contributed by atoms with E-state index in [9.17, 15) is 4.79 Å². The summed E-state index contributed by atoms with van der Waals surface area (Å²) < 4.78 is 0. The van der Waals surface area contributed by atoms with Crippen molar-refractivity contribution in [2.24, 2.45) is 5.92 Å². The lowest BCUT2D eigenvalue weighted by Gasteiger charge is -2.07. The first kappa shape index (κ1) is 10.3. The van der Waals surface area contributed by atoms with Gasteiger partial charge in [-0.05, 0) is 12.0 Å². The lowest BCUT2D eigenvalue weighted by molar-refractivity contribution is -0.119. The molecule has 13 heavy (non-hydrogen) atoms. The van der Waals surface area contributed by atoms with E-state index in [1.807, 2.05) is 37.3 Å². The summed E-state index contributed by atoms with van der Waals surface area (Å²) in [5.74, 6) is 0.263. The van der Waals surface area contributed by atoms with Crippen molar-refractivity contribution in [2.75, 3.05) is 5.88 Å². The normalized spacial score (nSPS) is 12.5. The number of alkyl halides is 1. The molecule has 0 aliphatic carbocycles. The zero-order chi connectivity index (χ0) is 9.68. The van der Waals surface area contributed by atoms with Crippen LogP contribution < -0.4 is 0 Å². The molecular formula is C11H13ClO. The van der Waals surface area contributed by atoms with Crippen molar-refractivity contribution >= 4 is 17.4 Å². The lowest BCUT2D eigenvalue weighted by atomic mass is 9.98. The minimum absolute atomic E-state index is 0.0277. The Balaban J connectivity index is 2.55. The van der Waals surface area contributed by atoms with E-state index in [1.165, 1.54) is 5.56 Å². The summed E-state index contributed by atoms with van der Waals surface area (Å²) in [5.41, 5.74) is 1.19. The third-order valence-corrected chi connectivity index (χ3v) is 2.33. The molecule has 2 heteroatoms. The molecule has 1 unspecified atom stereocenters. The van der Waals surface area contributed by atoms with Gasteiger partial charge in [-0.1, -0.05) is 37.3 Å². The van der Waals surface area contributed by atoms with Gasteiger partial charge in [0, 0.05) is 5.92 Å². The first-order valence-electron chi connectivity index (χ1n) is 4.36. The largest absolute Gasteiger partial charge is 0.298 e. The number of halogens is 1. The molecule has 1 aromatic rings. The molecule has 1 aromatic carbocycles. The molecule has 0 saturated carbocycles. The Kier molecular flexibility index (Phi) is 3.97. The second-order valence-corrected chi connectivity index (χ2v) is 3.46. The highest BCUT2D eigenvalue weighted by Gasteiger charge is 2.11. The second-order valence-electron chi connectivity index (χ2n) is 3.19. The Morgan fingerprint density at radius 2 is 2.00 bits per heavy atom. The summed E-state index contributed by atoms with van der Waals surface area (Å²) in [6, 6.07) is 9.98. The third kappa shape index (κ3) is 3.19. The van der Waals surface area contributed by atoms with Gasteiger partial charge in [-0.2, -0.15) is 0 Å². The predicted molar refractivity (Wildman–Crippen MR) is 55.0 cm³/mol. The number of benzene rings is 1. The molecule has 0 spiro atoms. The molecule has 0 saturated heterocycles. The number of hydrogen-bond donors (Lipinski definition) is 0. The summed E-state index contributed by atoms with van der Waals surface area (Å²) in [5, 5.41) is 0. The Bertz CT molecular complexity index is 269. The maximum atomic E-state index is 11.2. The smallest absolute Gasteiger partial charge is 0.150 e. The highest BCUT2D eigenvalue weighted by Crippen LogP contribution is 2.09. The molecule has 0 amide bonds. The van der Waals surface area contributed by atoms with E-state index < -0.39 is 0 Å². The first-order chi connectivity index (χ1) is 6.24. The molecule has 0 N–H and O–H groups in total. The monoisotopic (exact) mass is 196 g/mol. The SMILES string of the molecule is CC(Cc1ccccc1)C(=O)CCl. The highest BCUT2D eigenvalue weighted by molar-refractivity contribution is 6.27. The Morgan fingerprint density at radius 1 is 1.38 bits per heavy atom. The molecule has 70 valence electrons. The average Bonchev–Trinajstić information content (AvgIpc) is 2.18. The van der Waals surface area contributed by atoms with Gasteiger partial charge >= 0.3 is 0 Å². The molecule has 0 radical (unpaired) electrons. The van der Waals surface area contributed by atoms with Crippen LogP contribution in [0.15, 0.2) is 30.3 Å². The number of rotatable bonds is 4. The fourth-order valence-electron chi connectivity index (χ4n) is 1.21. The van der Waals surface area contributed by atoms with Crippen LogP contribution in [0, 0.1) is 5.92 Å².